The van der Waals surface area contributed by atoms with E-state index in [0.29, 0.717) is 0 Å². The Hall–Kier alpha value is -1.03. The minimum atomic E-state index is -0.802. The summed E-state index contributed by atoms with van der Waals surface area (Å²) < 4.78 is 0. The monoisotopic (exact) mass is 158 g/mol. The highest BCUT2D eigenvalue weighted by Crippen LogP contribution is 2.28. The summed E-state index contributed by atoms with van der Waals surface area (Å²) >= 11 is 0. The molecule has 0 radical (unpaired) electrons. The number of rotatable bonds is 1. The molecule has 3 N–H and O–H groups in total. The molecule has 0 aromatic rings. The van der Waals surface area contributed by atoms with Crippen molar-refractivity contribution in [3.05, 3.63) is 11.5 Å². The molecule has 0 saturated carbocycles. The van der Waals surface area contributed by atoms with E-state index in [9.17, 15) is 4.79 Å². The molecule has 0 fully saturated rings. The Morgan fingerprint density at radius 1 is 1.55 bits per heavy atom. The first-order valence-corrected chi connectivity index (χ1v) is 3.37. The lowest BCUT2D eigenvalue weighted by Crippen LogP contribution is -2.16. The van der Waals surface area contributed by atoms with Gasteiger partial charge in [0, 0.05) is 6.42 Å². The normalized spacial score (nSPS) is 27.8. The molecular weight excluding hydrogens is 148 g/mol. The van der Waals surface area contributed by atoms with Crippen LogP contribution in [0.1, 0.15) is 13.3 Å². The zero-order chi connectivity index (χ0) is 8.59. The van der Waals surface area contributed by atoms with E-state index in [4.69, 9.17) is 15.3 Å². The van der Waals surface area contributed by atoms with E-state index in [-0.39, 0.29) is 12.2 Å². The molecule has 11 heavy (non-hydrogen) atoms. The highest BCUT2D eigenvalue weighted by Gasteiger charge is 2.35. The van der Waals surface area contributed by atoms with E-state index in [1.54, 1.807) is 0 Å². The van der Waals surface area contributed by atoms with Crippen LogP contribution in [0.15, 0.2) is 11.5 Å². The Labute approximate surface area is 63.8 Å². The van der Waals surface area contributed by atoms with Crippen molar-refractivity contribution >= 4 is 5.78 Å². The third kappa shape index (κ3) is 1.21. The zero-order valence-corrected chi connectivity index (χ0v) is 6.11. The van der Waals surface area contributed by atoms with Gasteiger partial charge in [-0.2, -0.15) is 0 Å². The van der Waals surface area contributed by atoms with Gasteiger partial charge in [0.15, 0.2) is 5.76 Å². The molecule has 0 aromatic heterocycles. The van der Waals surface area contributed by atoms with Crippen LogP contribution in [0.3, 0.4) is 0 Å². The van der Waals surface area contributed by atoms with Gasteiger partial charge in [-0.15, -0.1) is 0 Å². The Bertz CT molecular complexity index is 216. The number of hydrogen-bond donors (Lipinski definition) is 3. The van der Waals surface area contributed by atoms with Crippen LogP contribution in [0, 0.1) is 5.92 Å². The van der Waals surface area contributed by atoms with Gasteiger partial charge in [-0.1, -0.05) is 0 Å². The number of hydrogen-bond acceptors (Lipinski definition) is 4. The maximum Gasteiger partial charge on any atom is 0.201 e. The molecule has 2 atom stereocenters. The van der Waals surface area contributed by atoms with E-state index >= 15 is 0 Å². The Kier molecular flexibility index (Phi) is 1.87. The third-order valence-corrected chi connectivity index (χ3v) is 1.85. The molecule has 0 aliphatic heterocycles. The van der Waals surface area contributed by atoms with Crippen molar-refractivity contribution in [3.8, 4) is 0 Å². The second kappa shape index (κ2) is 2.54. The van der Waals surface area contributed by atoms with Crippen molar-refractivity contribution in [2.75, 3.05) is 0 Å². The summed E-state index contributed by atoms with van der Waals surface area (Å²) in [6.07, 6.45) is -0.807. The van der Waals surface area contributed by atoms with E-state index in [0.717, 1.165) is 0 Å². The van der Waals surface area contributed by atoms with Crippen LogP contribution in [0.4, 0.5) is 0 Å². The number of aliphatic hydroxyl groups is 3. The van der Waals surface area contributed by atoms with E-state index in [1.165, 1.54) is 6.92 Å². The first kappa shape index (κ1) is 8.07. The third-order valence-electron chi connectivity index (χ3n) is 1.85. The van der Waals surface area contributed by atoms with Crippen molar-refractivity contribution in [2.45, 2.75) is 19.4 Å². The predicted octanol–water partition coefficient (Wildman–Crippen LogP) is 0.284. The molecule has 1 rings (SSSR count). The average molecular weight is 158 g/mol. The molecular formula is C7H10O4. The van der Waals surface area contributed by atoms with Gasteiger partial charge in [0.1, 0.15) is 5.76 Å². The Morgan fingerprint density at radius 3 is 2.27 bits per heavy atom. The molecule has 0 saturated heterocycles. The van der Waals surface area contributed by atoms with Crippen molar-refractivity contribution in [3.63, 3.8) is 0 Å². The van der Waals surface area contributed by atoms with Crippen LogP contribution < -0.4 is 0 Å². The number of ketones is 1. The summed E-state index contributed by atoms with van der Waals surface area (Å²) in [4.78, 5) is 10.7. The molecule has 4 nitrogen and oxygen atoms in total. The molecule has 1 aliphatic carbocycles. The quantitative estimate of drug-likeness (QED) is 0.512. The number of aliphatic hydroxyl groups excluding tert-OH is 3. The Balaban J connectivity index is 2.86. The standard InChI is InChI=1S/C7H10O4/c1-3(8)4-2-5(9)7(11)6(4)10/h3-4,8,10-11H,2H2,1H3. The molecule has 2 unspecified atom stereocenters. The summed E-state index contributed by atoms with van der Waals surface area (Å²) in [5.74, 6) is -2.11. The van der Waals surface area contributed by atoms with Crippen LogP contribution in [0.2, 0.25) is 0 Å². The number of allylic oxidation sites excluding steroid dienone is 1. The summed E-state index contributed by atoms with van der Waals surface area (Å²) in [5, 5.41) is 26.9. The van der Waals surface area contributed by atoms with E-state index < -0.39 is 23.6 Å². The van der Waals surface area contributed by atoms with Crippen LogP contribution in [-0.4, -0.2) is 27.2 Å². The van der Waals surface area contributed by atoms with Crippen molar-refractivity contribution in [1.29, 1.82) is 0 Å². The topological polar surface area (TPSA) is 77.8 Å². The average Bonchev–Trinajstić information content (AvgIpc) is 2.17. The smallest absolute Gasteiger partial charge is 0.201 e. The van der Waals surface area contributed by atoms with Gasteiger partial charge in [0.2, 0.25) is 5.78 Å². The fraction of sp³-hybridized carbons (Fsp3) is 0.571. The van der Waals surface area contributed by atoms with Crippen LogP contribution in [0.5, 0.6) is 0 Å². The molecule has 0 amide bonds. The summed E-state index contributed by atoms with van der Waals surface area (Å²) in [6, 6.07) is 0. The molecule has 4 heteroatoms. The summed E-state index contributed by atoms with van der Waals surface area (Å²) in [5.41, 5.74) is 0. The van der Waals surface area contributed by atoms with Crippen molar-refractivity contribution in [1.82, 2.24) is 0 Å². The van der Waals surface area contributed by atoms with Gasteiger partial charge in [0.05, 0.1) is 12.0 Å². The number of carbonyl (C=O) groups excluding carboxylic acids is 1. The second-order valence-electron chi connectivity index (χ2n) is 2.71. The van der Waals surface area contributed by atoms with Crippen LogP contribution in [0.25, 0.3) is 0 Å². The van der Waals surface area contributed by atoms with Crippen molar-refractivity contribution in [2.24, 2.45) is 5.92 Å². The number of Topliss-reactive ketones (excluding diaryl/α,β-unsaturated/α-hetero) is 1. The summed E-state index contributed by atoms with van der Waals surface area (Å²) in [7, 11) is 0. The minimum absolute atomic E-state index is 0.00463. The molecule has 0 spiro atoms. The predicted molar refractivity (Wildman–Crippen MR) is 37.1 cm³/mol. The van der Waals surface area contributed by atoms with Crippen LogP contribution >= 0.6 is 0 Å². The first-order valence-electron chi connectivity index (χ1n) is 3.37. The molecule has 0 aromatic carbocycles. The lowest BCUT2D eigenvalue weighted by atomic mass is 10.0. The highest BCUT2D eigenvalue weighted by atomic mass is 16.3. The molecule has 0 bridgehead atoms. The molecule has 1 aliphatic rings. The van der Waals surface area contributed by atoms with Gasteiger partial charge < -0.3 is 15.3 Å². The largest absolute Gasteiger partial charge is 0.508 e. The van der Waals surface area contributed by atoms with Gasteiger partial charge in [-0.25, -0.2) is 0 Å². The molecule has 62 valence electrons. The van der Waals surface area contributed by atoms with Gasteiger partial charge in [0.25, 0.3) is 0 Å². The highest BCUT2D eigenvalue weighted by molar-refractivity contribution is 5.96. The van der Waals surface area contributed by atoms with Gasteiger partial charge in [-0.3, -0.25) is 4.79 Å². The maximum absolute atomic E-state index is 10.7. The summed E-state index contributed by atoms with van der Waals surface area (Å²) in [6.45, 7) is 1.47. The van der Waals surface area contributed by atoms with Crippen LogP contribution in [-0.2, 0) is 4.79 Å². The van der Waals surface area contributed by atoms with Gasteiger partial charge in [-0.05, 0) is 6.92 Å². The SMILES string of the molecule is CC(O)C1CC(=O)C(O)=C1O. The van der Waals surface area contributed by atoms with E-state index in [1.807, 2.05) is 0 Å². The second-order valence-corrected chi connectivity index (χ2v) is 2.71. The Morgan fingerprint density at radius 2 is 2.09 bits per heavy atom. The zero-order valence-electron chi connectivity index (χ0n) is 6.11. The minimum Gasteiger partial charge on any atom is -0.508 e. The van der Waals surface area contributed by atoms with Gasteiger partial charge >= 0.3 is 0 Å². The lowest BCUT2D eigenvalue weighted by Gasteiger charge is -2.10. The first-order chi connectivity index (χ1) is 5.04. The molecule has 0 heterocycles. The fourth-order valence-corrected chi connectivity index (χ4v) is 1.11. The van der Waals surface area contributed by atoms with E-state index in [2.05, 4.69) is 0 Å². The van der Waals surface area contributed by atoms with Crippen molar-refractivity contribution < 1.29 is 20.1 Å². The fourth-order valence-electron chi connectivity index (χ4n) is 1.11. The lowest BCUT2D eigenvalue weighted by molar-refractivity contribution is -0.117. The maximum atomic E-state index is 10.7. The number of carbonyl (C=O) groups is 1.